The standard InChI is InChI=1S/C17H23NO2S/c1-11-8-15(21-13(11)3)10-18-12(2)16-7-6-14(19-4)9-17(16)20-5/h6-9,12,18H,10H2,1-5H3. The number of benzene rings is 1. The van der Waals surface area contributed by atoms with Crippen LogP contribution in [0.2, 0.25) is 0 Å². The van der Waals surface area contributed by atoms with Crippen molar-refractivity contribution in [1.82, 2.24) is 5.32 Å². The van der Waals surface area contributed by atoms with Gasteiger partial charge in [0.1, 0.15) is 11.5 Å². The molecule has 1 heterocycles. The van der Waals surface area contributed by atoms with Gasteiger partial charge in [-0.05, 0) is 38.5 Å². The molecule has 1 N–H and O–H groups in total. The van der Waals surface area contributed by atoms with E-state index in [-0.39, 0.29) is 6.04 Å². The van der Waals surface area contributed by atoms with Crippen molar-refractivity contribution < 1.29 is 9.47 Å². The van der Waals surface area contributed by atoms with Crippen LogP contribution in [0.25, 0.3) is 0 Å². The molecule has 0 fully saturated rings. The van der Waals surface area contributed by atoms with Gasteiger partial charge < -0.3 is 14.8 Å². The van der Waals surface area contributed by atoms with Gasteiger partial charge in [0.05, 0.1) is 14.2 Å². The van der Waals surface area contributed by atoms with Crippen molar-refractivity contribution in [2.24, 2.45) is 0 Å². The Morgan fingerprint density at radius 2 is 1.90 bits per heavy atom. The molecule has 1 atom stereocenters. The molecule has 0 amide bonds. The summed E-state index contributed by atoms with van der Waals surface area (Å²) in [6.45, 7) is 7.35. The fraction of sp³-hybridized carbons (Fsp3) is 0.412. The average molecular weight is 305 g/mol. The summed E-state index contributed by atoms with van der Waals surface area (Å²) in [7, 11) is 3.36. The summed E-state index contributed by atoms with van der Waals surface area (Å²) in [5.41, 5.74) is 2.51. The van der Waals surface area contributed by atoms with Crippen LogP contribution in [0.15, 0.2) is 24.3 Å². The fourth-order valence-corrected chi connectivity index (χ4v) is 3.28. The van der Waals surface area contributed by atoms with Crippen LogP contribution in [-0.4, -0.2) is 14.2 Å². The molecule has 0 aliphatic rings. The lowest BCUT2D eigenvalue weighted by molar-refractivity contribution is 0.386. The largest absolute Gasteiger partial charge is 0.497 e. The predicted molar refractivity (Wildman–Crippen MR) is 88.6 cm³/mol. The Hall–Kier alpha value is -1.52. The summed E-state index contributed by atoms with van der Waals surface area (Å²) in [5, 5.41) is 3.56. The molecule has 3 nitrogen and oxygen atoms in total. The van der Waals surface area contributed by atoms with E-state index in [9.17, 15) is 0 Å². The Morgan fingerprint density at radius 3 is 2.48 bits per heavy atom. The van der Waals surface area contributed by atoms with E-state index in [0.717, 1.165) is 23.6 Å². The molecule has 21 heavy (non-hydrogen) atoms. The molecule has 114 valence electrons. The highest BCUT2D eigenvalue weighted by Crippen LogP contribution is 2.30. The van der Waals surface area contributed by atoms with E-state index in [1.807, 2.05) is 23.5 Å². The van der Waals surface area contributed by atoms with Crippen molar-refractivity contribution in [3.8, 4) is 11.5 Å². The first kappa shape index (κ1) is 15.9. The Bertz CT molecular complexity index is 587. The van der Waals surface area contributed by atoms with Crippen molar-refractivity contribution in [1.29, 1.82) is 0 Å². The quantitative estimate of drug-likeness (QED) is 0.866. The normalized spacial score (nSPS) is 12.2. The highest BCUT2D eigenvalue weighted by Gasteiger charge is 2.12. The Morgan fingerprint density at radius 1 is 1.14 bits per heavy atom. The molecule has 2 aromatic rings. The van der Waals surface area contributed by atoms with Gasteiger partial charge in [0, 0.05) is 34.0 Å². The number of thiophene rings is 1. The molecule has 1 unspecified atom stereocenters. The van der Waals surface area contributed by atoms with E-state index < -0.39 is 0 Å². The lowest BCUT2D eigenvalue weighted by atomic mass is 10.1. The number of rotatable bonds is 6. The monoisotopic (exact) mass is 305 g/mol. The Kier molecular flexibility index (Phi) is 5.26. The van der Waals surface area contributed by atoms with E-state index in [4.69, 9.17) is 9.47 Å². The number of hydrogen-bond donors (Lipinski definition) is 1. The van der Waals surface area contributed by atoms with Crippen LogP contribution in [0.3, 0.4) is 0 Å². The van der Waals surface area contributed by atoms with Gasteiger partial charge in [0.25, 0.3) is 0 Å². The maximum absolute atomic E-state index is 5.47. The Balaban J connectivity index is 2.07. The van der Waals surface area contributed by atoms with E-state index in [2.05, 4.69) is 38.2 Å². The van der Waals surface area contributed by atoms with Crippen LogP contribution in [0.4, 0.5) is 0 Å². The molecule has 4 heteroatoms. The topological polar surface area (TPSA) is 30.5 Å². The number of ether oxygens (including phenoxy) is 2. The molecule has 1 aromatic carbocycles. The summed E-state index contributed by atoms with van der Waals surface area (Å²) < 4.78 is 10.7. The van der Waals surface area contributed by atoms with Gasteiger partial charge in [0.2, 0.25) is 0 Å². The second kappa shape index (κ2) is 6.96. The van der Waals surface area contributed by atoms with Crippen molar-refractivity contribution >= 4 is 11.3 Å². The molecule has 0 radical (unpaired) electrons. The maximum Gasteiger partial charge on any atom is 0.127 e. The second-order valence-electron chi connectivity index (χ2n) is 5.16. The number of methoxy groups -OCH3 is 2. The highest BCUT2D eigenvalue weighted by molar-refractivity contribution is 7.12. The third-order valence-electron chi connectivity index (χ3n) is 3.71. The molecular weight excluding hydrogens is 282 g/mol. The van der Waals surface area contributed by atoms with Gasteiger partial charge in [-0.1, -0.05) is 6.07 Å². The average Bonchev–Trinajstić information content (AvgIpc) is 2.82. The van der Waals surface area contributed by atoms with Crippen LogP contribution in [0.1, 0.15) is 33.8 Å². The van der Waals surface area contributed by atoms with E-state index in [1.54, 1.807) is 14.2 Å². The van der Waals surface area contributed by atoms with Gasteiger partial charge in [-0.15, -0.1) is 11.3 Å². The van der Waals surface area contributed by atoms with Crippen molar-refractivity contribution in [3.05, 3.63) is 45.1 Å². The zero-order valence-electron chi connectivity index (χ0n) is 13.3. The number of nitrogens with one attached hydrogen (secondary N) is 1. The van der Waals surface area contributed by atoms with Gasteiger partial charge in [-0.3, -0.25) is 0 Å². The van der Waals surface area contributed by atoms with Crippen LogP contribution in [-0.2, 0) is 6.54 Å². The summed E-state index contributed by atoms with van der Waals surface area (Å²) in [5.74, 6) is 1.67. The lowest BCUT2D eigenvalue weighted by Crippen LogP contribution is -2.18. The van der Waals surface area contributed by atoms with Crippen LogP contribution >= 0.6 is 11.3 Å². The lowest BCUT2D eigenvalue weighted by Gasteiger charge is -2.17. The molecular formula is C17H23NO2S. The number of aryl methyl sites for hydroxylation is 2. The summed E-state index contributed by atoms with van der Waals surface area (Å²) in [6.07, 6.45) is 0. The van der Waals surface area contributed by atoms with Crippen LogP contribution < -0.4 is 14.8 Å². The fourth-order valence-electron chi connectivity index (χ4n) is 2.28. The summed E-state index contributed by atoms with van der Waals surface area (Å²) in [4.78, 5) is 2.76. The van der Waals surface area contributed by atoms with E-state index >= 15 is 0 Å². The zero-order chi connectivity index (χ0) is 15.4. The summed E-state index contributed by atoms with van der Waals surface area (Å²) >= 11 is 1.85. The first-order chi connectivity index (χ1) is 10.0. The molecule has 2 rings (SSSR count). The van der Waals surface area contributed by atoms with Gasteiger partial charge >= 0.3 is 0 Å². The minimum absolute atomic E-state index is 0.216. The van der Waals surface area contributed by atoms with Gasteiger partial charge in [-0.2, -0.15) is 0 Å². The minimum Gasteiger partial charge on any atom is -0.497 e. The van der Waals surface area contributed by atoms with Crippen LogP contribution in [0, 0.1) is 13.8 Å². The van der Waals surface area contributed by atoms with Gasteiger partial charge in [-0.25, -0.2) is 0 Å². The number of hydrogen-bond acceptors (Lipinski definition) is 4. The summed E-state index contributed by atoms with van der Waals surface area (Å²) in [6, 6.07) is 8.42. The molecule has 0 aliphatic heterocycles. The van der Waals surface area contributed by atoms with E-state index in [0.29, 0.717) is 0 Å². The smallest absolute Gasteiger partial charge is 0.127 e. The van der Waals surface area contributed by atoms with Crippen molar-refractivity contribution in [2.45, 2.75) is 33.4 Å². The molecule has 0 spiro atoms. The predicted octanol–water partition coefficient (Wildman–Crippen LogP) is 4.23. The molecule has 1 aromatic heterocycles. The third-order valence-corrected chi connectivity index (χ3v) is 4.86. The Labute approximate surface area is 130 Å². The van der Waals surface area contributed by atoms with Crippen molar-refractivity contribution in [2.75, 3.05) is 14.2 Å². The SMILES string of the molecule is COc1ccc(C(C)NCc2cc(C)c(C)s2)c(OC)c1. The third kappa shape index (κ3) is 3.77. The van der Waals surface area contributed by atoms with Gasteiger partial charge in [0.15, 0.2) is 0 Å². The minimum atomic E-state index is 0.216. The highest BCUT2D eigenvalue weighted by atomic mass is 32.1. The molecule has 0 aliphatic carbocycles. The molecule has 0 saturated heterocycles. The zero-order valence-corrected chi connectivity index (χ0v) is 14.1. The maximum atomic E-state index is 5.47. The van der Waals surface area contributed by atoms with E-state index in [1.165, 1.54) is 15.3 Å². The first-order valence-electron chi connectivity index (χ1n) is 7.06. The molecule has 0 saturated carbocycles. The van der Waals surface area contributed by atoms with Crippen molar-refractivity contribution in [3.63, 3.8) is 0 Å². The van der Waals surface area contributed by atoms with Crippen LogP contribution in [0.5, 0.6) is 11.5 Å². The molecule has 0 bridgehead atoms. The first-order valence-corrected chi connectivity index (χ1v) is 7.88. The second-order valence-corrected chi connectivity index (χ2v) is 6.50.